The highest BCUT2D eigenvalue weighted by Crippen LogP contribution is 2.19. The van der Waals surface area contributed by atoms with Gasteiger partial charge in [-0.25, -0.2) is 14.6 Å². The topological polar surface area (TPSA) is 84.2 Å². The minimum atomic E-state index is -0.352. The largest absolute Gasteiger partial charge is 0.353 e. The van der Waals surface area contributed by atoms with E-state index in [2.05, 4.69) is 28.8 Å². The summed E-state index contributed by atoms with van der Waals surface area (Å²) in [5, 5.41) is 4.42. The van der Waals surface area contributed by atoms with Gasteiger partial charge in [0.25, 0.3) is 5.91 Å². The highest BCUT2D eigenvalue weighted by molar-refractivity contribution is 5.92. The Hall–Kier alpha value is -3.55. The molecule has 0 saturated carbocycles. The Balaban J connectivity index is 1.53. The summed E-state index contributed by atoms with van der Waals surface area (Å²) in [6, 6.07) is 12.9. The molecule has 1 fully saturated rings. The van der Waals surface area contributed by atoms with Gasteiger partial charge in [0.1, 0.15) is 11.6 Å². The zero-order valence-corrected chi connectivity index (χ0v) is 18.9. The first kappa shape index (κ1) is 21.7. The van der Waals surface area contributed by atoms with E-state index in [1.54, 1.807) is 9.58 Å². The smallest absolute Gasteiger partial charge is 0.278 e. The Morgan fingerprint density at radius 1 is 0.969 bits per heavy atom. The van der Waals surface area contributed by atoms with Gasteiger partial charge in [0, 0.05) is 55.6 Å². The van der Waals surface area contributed by atoms with Gasteiger partial charge in [0.2, 0.25) is 5.43 Å². The van der Waals surface area contributed by atoms with Crippen molar-refractivity contribution >= 4 is 11.7 Å². The van der Waals surface area contributed by atoms with Crippen LogP contribution in [0, 0.1) is 13.8 Å². The van der Waals surface area contributed by atoms with Gasteiger partial charge in [0.15, 0.2) is 5.69 Å². The predicted molar refractivity (Wildman–Crippen MR) is 124 cm³/mol. The molecule has 0 spiro atoms. The molecular weight excluding hydrogens is 404 g/mol. The SMILES string of the molecule is Cc1cc(N2CCN(C(=O)c3nn(-c4ccccc4)c(C)cc3=O)CC2)nc(C(C)C)n1. The van der Waals surface area contributed by atoms with Crippen molar-refractivity contribution in [1.82, 2.24) is 24.6 Å². The molecule has 0 aliphatic carbocycles. The summed E-state index contributed by atoms with van der Waals surface area (Å²) >= 11 is 0. The average Bonchev–Trinajstić information content (AvgIpc) is 2.79. The minimum absolute atomic E-state index is 0.0483. The molecule has 1 aliphatic rings. The fourth-order valence-corrected chi connectivity index (χ4v) is 3.81. The Labute approximate surface area is 187 Å². The Kier molecular flexibility index (Phi) is 6.03. The second-order valence-corrected chi connectivity index (χ2v) is 8.41. The number of hydrogen-bond donors (Lipinski definition) is 0. The van der Waals surface area contributed by atoms with Crippen LogP contribution in [0.3, 0.4) is 0 Å². The third-order valence-corrected chi connectivity index (χ3v) is 5.58. The number of hydrogen-bond acceptors (Lipinski definition) is 6. The summed E-state index contributed by atoms with van der Waals surface area (Å²) in [5.41, 5.74) is 2.03. The number of benzene rings is 1. The number of carbonyl (C=O) groups excluding carboxylic acids is 1. The molecule has 32 heavy (non-hydrogen) atoms. The highest BCUT2D eigenvalue weighted by atomic mass is 16.2. The van der Waals surface area contributed by atoms with Crippen molar-refractivity contribution in [3.63, 3.8) is 0 Å². The lowest BCUT2D eigenvalue weighted by Gasteiger charge is -2.35. The molecule has 8 nitrogen and oxygen atoms in total. The quantitative estimate of drug-likeness (QED) is 0.630. The van der Waals surface area contributed by atoms with Gasteiger partial charge < -0.3 is 9.80 Å². The molecule has 1 amide bonds. The summed E-state index contributed by atoms with van der Waals surface area (Å²) in [4.78, 5) is 38.8. The van der Waals surface area contributed by atoms with Gasteiger partial charge in [-0.05, 0) is 26.0 Å². The first-order chi connectivity index (χ1) is 15.3. The lowest BCUT2D eigenvalue weighted by molar-refractivity contribution is 0.0737. The van der Waals surface area contributed by atoms with Crippen LogP contribution < -0.4 is 10.3 Å². The fourth-order valence-electron chi connectivity index (χ4n) is 3.81. The first-order valence-electron chi connectivity index (χ1n) is 10.9. The number of para-hydroxylation sites is 1. The van der Waals surface area contributed by atoms with Gasteiger partial charge in [-0.2, -0.15) is 5.10 Å². The molecule has 3 aromatic rings. The number of aryl methyl sites for hydroxylation is 2. The third kappa shape index (κ3) is 4.39. The average molecular weight is 433 g/mol. The number of rotatable bonds is 4. The number of carbonyl (C=O) groups is 1. The van der Waals surface area contributed by atoms with Crippen LogP contribution in [0.15, 0.2) is 47.3 Å². The first-order valence-corrected chi connectivity index (χ1v) is 10.9. The van der Waals surface area contributed by atoms with Crippen LogP contribution in [0.1, 0.15) is 47.5 Å². The minimum Gasteiger partial charge on any atom is -0.353 e. The molecule has 0 unspecified atom stereocenters. The summed E-state index contributed by atoms with van der Waals surface area (Å²) in [6.45, 7) is 10.2. The monoisotopic (exact) mass is 432 g/mol. The third-order valence-electron chi connectivity index (χ3n) is 5.58. The van der Waals surface area contributed by atoms with Crippen LogP contribution in [0.5, 0.6) is 0 Å². The van der Waals surface area contributed by atoms with Crippen molar-refractivity contribution in [2.24, 2.45) is 0 Å². The molecule has 1 saturated heterocycles. The van der Waals surface area contributed by atoms with Gasteiger partial charge >= 0.3 is 0 Å². The van der Waals surface area contributed by atoms with Crippen molar-refractivity contribution in [2.75, 3.05) is 31.1 Å². The predicted octanol–water partition coefficient (Wildman–Crippen LogP) is 2.73. The van der Waals surface area contributed by atoms with E-state index in [1.165, 1.54) is 6.07 Å². The van der Waals surface area contributed by atoms with Gasteiger partial charge in [-0.3, -0.25) is 9.59 Å². The second-order valence-electron chi connectivity index (χ2n) is 8.41. The standard InChI is InChI=1S/C24H28N6O2/c1-16(2)23-25-17(3)14-21(26-23)28-10-12-29(13-11-28)24(32)22-20(31)15-18(4)30(27-22)19-8-6-5-7-9-19/h5-9,14-16H,10-13H2,1-4H3. The maximum absolute atomic E-state index is 13.2. The molecule has 8 heteroatoms. The molecule has 0 bridgehead atoms. The maximum Gasteiger partial charge on any atom is 0.278 e. The molecule has 1 aromatic carbocycles. The second kappa shape index (κ2) is 8.90. The molecule has 0 N–H and O–H groups in total. The normalized spacial score (nSPS) is 14.2. The van der Waals surface area contributed by atoms with Gasteiger partial charge in [-0.15, -0.1) is 0 Å². The molecule has 166 valence electrons. The summed E-state index contributed by atoms with van der Waals surface area (Å²) in [5.74, 6) is 1.62. The van der Waals surface area contributed by atoms with Crippen LogP contribution in [0.2, 0.25) is 0 Å². The van der Waals surface area contributed by atoms with Gasteiger partial charge in [0.05, 0.1) is 5.69 Å². The zero-order chi connectivity index (χ0) is 22.8. The van der Waals surface area contributed by atoms with E-state index in [-0.39, 0.29) is 22.9 Å². The van der Waals surface area contributed by atoms with Crippen LogP contribution in [0.4, 0.5) is 5.82 Å². The van der Waals surface area contributed by atoms with E-state index in [4.69, 9.17) is 4.98 Å². The lowest BCUT2D eigenvalue weighted by Crippen LogP contribution is -2.50. The van der Waals surface area contributed by atoms with Crippen LogP contribution in [-0.4, -0.2) is 56.7 Å². The van der Waals surface area contributed by atoms with Gasteiger partial charge in [-0.1, -0.05) is 32.0 Å². The fraction of sp³-hybridized carbons (Fsp3) is 0.375. The molecule has 3 heterocycles. The van der Waals surface area contributed by atoms with E-state index in [0.29, 0.717) is 31.9 Å². The van der Waals surface area contributed by atoms with Crippen molar-refractivity contribution in [1.29, 1.82) is 0 Å². The van der Waals surface area contributed by atoms with Crippen molar-refractivity contribution in [3.8, 4) is 5.69 Å². The Morgan fingerprint density at radius 2 is 1.66 bits per heavy atom. The van der Waals surface area contributed by atoms with E-state index in [9.17, 15) is 9.59 Å². The van der Waals surface area contributed by atoms with E-state index >= 15 is 0 Å². The molecule has 1 aliphatic heterocycles. The van der Waals surface area contributed by atoms with Crippen LogP contribution in [0.25, 0.3) is 5.69 Å². The van der Waals surface area contributed by atoms with Crippen molar-refractivity contribution in [3.05, 3.63) is 75.6 Å². The number of nitrogens with zero attached hydrogens (tertiary/aromatic N) is 6. The summed E-state index contributed by atoms with van der Waals surface area (Å²) in [6.07, 6.45) is 0. The van der Waals surface area contributed by atoms with E-state index in [0.717, 1.165) is 23.0 Å². The molecule has 0 atom stereocenters. The summed E-state index contributed by atoms with van der Waals surface area (Å²) in [7, 11) is 0. The maximum atomic E-state index is 13.2. The number of aromatic nitrogens is 4. The Morgan fingerprint density at radius 3 is 2.31 bits per heavy atom. The molecule has 0 radical (unpaired) electrons. The molecule has 2 aromatic heterocycles. The van der Waals surface area contributed by atoms with Crippen LogP contribution in [-0.2, 0) is 0 Å². The van der Waals surface area contributed by atoms with Crippen LogP contribution >= 0.6 is 0 Å². The summed E-state index contributed by atoms with van der Waals surface area (Å²) < 4.78 is 1.64. The molecular formula is C24H28N6O2. The molecule has 4 rings (SSSR count). The lowest BCUT2D eigenvalue weighted by atomic mass is 10.2. The number of amides is 1. The number of piperazine rings is 1. The number of anilines is 1. The highest BCUT2D eigenvalue weighted by Gasteiger charge is 2.26. The zero-order valence-electron chi connectivity index (χ0n) is 18.9. The van der Waals surface area contributed by atoms with E-state index in [1.807, 2.05) is 50.2 Å². The van der Waals surface area contributed by atoms with Crippen molar-refractivity contribution in [2.45, 2.75) is 33.6 Å². The Bertz CT molecular complexity index is 1180. The van der Waals surface area contributed by atoms with E-state index < -0.39 is 0 Å². The van der Waals surface area contributed by atoms with Crippen molar-refractivity contribution < 1.29 is 4.79 Å².